The zero-order valence-corrected chi connectivity index (χ0v) is 26.0. The molecule has 0 aromatic heterocycles. The summed E-state index contributed by atoms with van der Waals surface area (Å²) in [4.78, 5) is 0. The topological polar surface area (TPSA) is 33.3 Å². The first-order chi connectivity index (χ1) is 17.0. The molecule has 0 amide bonds. The van der Waals surface area contributed by atoms with E-state index in [0.717, 1.165) is 17.0 Å². The fourth-order valence-corrected chi connectivity index (χ4v) is 6.51. The normalized spacial score (nSPS) is 14.2. The van der Waals surface area contributed by atoms with Gasteiger partial charge in [-0.1, -0.05) is 123 Å². The molecule has 0 bridgehead atoms. The van der Waals surface area contributed by atoms with Crippen LogP contribution < -0.4 is 14.7 Å². The minimum absolute atomic E-state index is 0.0297. The van der Waals surface area contributed by atoms with Gasteiger partial charge in [-0.25, -0.2) is 5.09 Å². The van der Waals surface area contributed by atoms with Crippen molar-refractivity contribution in [3.63, 3.8) is 0 Å². The molecule has 0 spiro atoms. The highest BCUT2D eigenvalue weighted by Crippen LogP contribution is 2.50. The Morgan fingerprint density at radius 1 is 0.730 bits per heavy atom. The minimum Gasteiger partial charge on any atom is -0.437 e. The molecule has 0 fully saturated rings. The Balaban J connectivity index is 2.19. The van der Waals surface area contributed by atoms with Crippen molar-refractivity contribution in [2.24, 2.45) is 0 Å². The molecule has 0 aliphatic heterocycles. The van der Waals surface area contributed by atoms with Gasteiger partial charge in [-0.05, 0) is 68.9 Å². The first-order valence-corrected chi connectivity index (χ1v) is 15.8. The lowest BCUT2D eigenvalue weighted by Crippen LogP contribution is -2.27. The number of rotatable bonds is 7. The van der Waals surface area contributed by atoms with Gasteiger partial charge in [0.1, 0.15) is 5.75 Å². The number of aryl methyl sites for hydroxylation is 1. The van der Waals surface area contributed by atoms with Gasteiger partial charge < -0.3 is 9.61 Å². The van der Waals surface area contributed by atoms with Crippen molar-refractivity contribution >= 4 is 24.1 Å². The second-order valence-electron chi connectivity index (χ2n) is 13.0. The van der Waals surface area contributed by atoms with Crippen LogP contribution in [0.15, 0.2) is 66.7 Å². The number of hydrogen-bond donors (Lipinski definition) is 2. The number of benzene rings is 3. The van der Waals surface area contributed by atoms with Crippen molar-refractivity contribution in [3.8, 4) is 5.75 Å². The molecule has 3 rings (SSSR count). The Bertz CT molecular complexity index is 1230. The molecule has 0 aliphatic carbocycles. The predicted octanol–water partition coefficient (Wildman–Crippen LogP) is 9.39. The summed E-state index contributed by atoms with van der Waals surface area (Å²) in [5.41, 5.74) is 7.02. The molecule has 1 unspecified atom stereocenters. The Labute approximate surface area is 230 Å². The van der Waals surface area contributed by atoms with E-state index in [9.17, 15) is 0 Å². The van der Waals surface area contributed by atoms with Crippen molar-refractivity contribution < 1.29 is 4.52 Å². The standard InChI is InChI=1S/C32H45N2OPS/c1-23-16-14-15-19-28(23)35-36(37,33-22-24-17-12-11-13-18-24)34-29-26(31(5,6)7)20-25(30(2,3)4)21-27(29)32(8,9)10/h11-21H,22H2,1-10H3,(H2,33,34,37). The van der Waals surface area contributed by atoms with Crippen LogP contribution in [0.25, 0.3) is 0 Å². The first kappa shape index (κ1) is 29.4. The maximum atomic E-state index is 6.69. The van der Waals surface area contributed by atoms with E-state index in [1.54, 1.807) is 0 Å². The van der Waals surface area contributed by atoms with Crippen LogP contribution >= 0.6 is 6.57 Å². The zero-order valence-electron chi connectivity index (χ0n) is 24.3. The quantitative estimate of drug-likeness (QED) is 0.295. The summed E-state index contributed by atoms with van der Waals surface area (Å²) in [6.07, 6.45) is 0. The first-order valence-electron chi connectivity index (χ1n) is 13.1. The highest BCUT2D eigenvalue weighted by atomic mass is 32.4. The van der Waals surface area contributed by atoms with Crippen LogP contribution in [-0.2, 0) is 34.6 Å². The predicted molar refractivity (Wildman–Crippen MR) is 166 cm³/mol. The molecule has 2 N–H and O–H groups in total. The van der Waals surface area contributed by atoms with E-state index in [-0.39, 0.29) is 16.2 Å². The molecular formula is C32H45N2OPS. The molecule has 0 heterocycles. The molecule has 0 saturated heterocycles. The molecule has 37 heavy (non-hydrogen) atoms. The average molecular weight is 537 g/mol. The van der Waals surface area contributed by atoms with Crippen molar-refractivity contribution in [2.75, 3.05) is 5.09 Å². The van der Waals surface area contributed by atoms with Crippen molar-refractivity contribution in [2.45, 2.75) is 92.0 Å². The molecule has 3 aromatic rings. The monoisotopic (exact) mass is 536 g/mol. The van der Waals surface area contributed by atoms with Gasteiger partial charge in [-0.2, -0.15) is 0 Å². The minimum atomic E-state index is -2.77. The van der Waals surface area contributed by atoms with Gasteiger partial charge in [0, 0.05) is 12.2 Å². The largest absolute Gasteiger partial charge is 0.437 e. The number of anilines is 1. The van der Waals surface area contributed by atoms with E-state index >= 15 is 0 Å². The molecule has 0 saturated carbocycles. The third-order valence-electron chi connectivity index (χ3n) is 6.53. The molecular weight excluding hydrogens is 491 g/mol. The van der Waals surface area contributed by atoms with Gasteiger partial charge in [0.15, 0.2) is 0 Å². The average Bonchev–Trinajstić information content (AvgIpc) is 2.78. The SMILES string of the molecule is Cc1ccccc1OP(=S)(NCc1ccccc1)Nc1c(C(C)(C)C)cc(C(C)(C)C)cc1C(C)(C)C. The Hall–Kier alpha value is -2.13. The van der Waals surface area contributed by atoms with Crippen molar-refractivity contribution in [1.29, 1.82) is 0 Å². The van der Waals surface area contributed by atoms with Crippen LogP contribution in [0, 0.1) is 6.92 Å². The van der Waals surface area contributed by atoms with E-state index in [4.69, 9.17) is 16.3 Å². The highest BCUT2D eigenvalue weighted by Gasteiger charge is 2.32. The molecule has 1 atom stereocenters. The summed E-state index contributed by atoms with van der Waals surface area (Å²) in [7, 11) is 0. The van der Waals surface area contributed by atoms with Crippen molar-refractivity contribution in [1.82, 2.24) is 5.09 Å². The van der Waals surface area contributed by atoms with Crippen LogP contribution in [-0.4, -0.2) is 0 Å². The van der Waals surface area contributed by atoms with Gasteiger partial charge in [-0.15, -0.1) is 0 Å². The lowest BCUT2D eigenvalue weighted by molar-refractivity contribution is 0.550. The number of nitrogens with one attached hydrogen (secondary N) is 2. The van der Waals surface area contributed by atoms with E-state index < -0.39 is 6.57 Å². The molecule has 0 radical (unpaired) electrons. The molecule has 3 nitrogen and oxygen atoms in total. The molecule has 5 heteroatoms. The fraction of sp³-hybridized carbons (Fsp3) is 0.438. The second kappa shape index (κ2) is 10.9. The smallest absolute Gasteiger partial charge is 0.273 e. The molecule has 200 valence electrons. The van der Waals surface area contributed by atoms with E-state index in [1.165, 1.54) is 22.3 Å². The van der Waals surface area contributed by atoms with Crippen LogP contribution in [0.5, 0.6) is 5.75 Å². The summed E-state index contributed by atoms with van der Waals surface area (Å²) >= 11 is 6.36. The van der Waals surface area contributed by atoms with Crippen molar-refractivity contribution in [3.05, 3.63) is 94.5 Å². The lowest BCUT2D eigenvalue weighted by Gasteiger charge is -2.36. The fourth-order valence-electron chi connectivity index (χ4n) is 4.21. The summed E-state index contributed by atoms with van der Waals surface area (Å²) < 4.78 is 6.69. The Kier molecular flexibility index (Phi) is 8.69. The summed E-state index contributed by atoms with van der Waals surface area (Å²) in [5.74, 6) is 0.805. The maximum absolute atomic E-state index is 6.69. The highest BCUT2D eigenvalue weighted by molar-refractivity contribution is 8.12. The zero-order chi connectivity index (χ0) is 27.6. The molecule has 0 aliphatic rings. The van der Waals surface area contributed by atoms with Gasteiger partial charge in [0.2, 0.25) is 0 Å². The summed E-state index contributed by atoms with van der Waals surface area (Å²) in [5, 5.41) is 7.45. The Morgan fingerprint density at radius 3 is 1.73 bits per heavy atom. The third kappa shape index (κ3) is 7.69. The van der Waals surface area contributed by atoms with Crippen LogP contribution in [0.3, 0.4) is 0 Å². The van der Waals surface area contributed by atoms with Crippen LogP contribution in [0.1, 0.15) is 90.1 Å². The van der Waals surface area contributed by atoms with E-state index in [0.29, 0.717) is 6.54 Å². The van der Waals surface area contributed by atoms with Gasteiger partial charge in [0.05, 0.1) is 0 Å². The van der Waals surface area contributed by atoms with E-state index in [1.807, 2.05) is 24.3 Å². The van der Waals surface area contributed by atoms with Gasteiger partial charge in [0.25, 0.3) is 6.57 Å². The lowest BCUT2D eigenvalue weighted by atomic mass is 9.74. The molecule has 3 aromatic carbocycles. The van der Waals surface area contributed by atoms with Gasteiger partial charge in [-0.3, -0.25) is 0 Å². The number of para-hydroxylation sites is 1. The summed E-state index contributed by atoms with van der Waals surface area (Å²) in [6.45, 7) is 20.4. The maximum Gasteiger partial charge on any atom is 0.273 e. The van der Waals surface area contributed by atoms with Gasteiger partial charge >= 0.3 is 0 Å². The number of hydrogen-bond acceptors (Lipinski definition) is 2. The van der Waals surface area contributed by atoms with Crippen LogP contribution in [0.2, 0.25) is 0 Å². The van der Waals surface area contributed by atoms with E-state index in [2.05, 4.69) is 122 Å². The third-order valence-corrected chi connectivity index (χ3v) is 8.97. The Morgan fingerprint density at radius 2 is 1.24 bits per heavy atom. The second-order valence-corrected chi connectivity index (χ2v) is 16.4. The van der Waals surface area contributed by atoms with Crippen LogP contribution in [0.4, 0.5) is 5.69 Å². The summed E-state index contributed by atoms with van der Waals surface area (Å²) in [6, 6.07) is 23.2.